The first kappa shape index (κ1) is 15.6. The van der Waals surface area contributed by atoms with Gasteiger partial charge in [-0.2, -0.15) is 0 Å². The molecule has 4 heterocycles. The highest BCUT2D eigenvalue weighted by Gasteiger charge is 2.34. The molecule has 1 aliphatic heterocycles. The van der Waals surface area contributed by atoms with Crippen molar-refractivity contribution in [3.63, 3.8) is 0 Å². The predicted octanol–water partition coefficient (Wildman–Crippen LogP) is 5.68. The smallest absolute Gasteiger partial charge is 0.288 e. The lowest BCUT2D eigenvalue weighted by atomic mass is 9.95. The van der Waals surface area contributed by atoms with Gasteiger partial charge in [0.25, 0.3) is 6.33 Å². The van der Waals surface area contributed by atoms with Crippen LogP contribution < -0.4 is 9.30 Å². The normalized spacial score (nSPS) is 16.2. The highest BCUT2D eigenvalue weighted by atomic mass is 32.1. The quantitative estimate of drug-likeness (QED) is 0.372. The molecule has 6 rings (SSSR count). The van der Waals surface area contributed by atoms with Crippen LogP contribution in [0.15, 0.2) is 29.1 Å². The second kappa shape index (κ2) is 5.55. The Labute approximate surface area is 161 Å². The molecule has 1 fully saturated rings. The standard InChI is InChI=1S/C22H21N2O2S/c1-12-14-7-8-25-15(14)10-16-18(12)20-19-21(26-16)17(9-13-5-3-4-6-13)27-22(19)23-11-24(20)2/h7-8,10-11,13H,3-6,9H2,1-2H3/q+1. The average molecular weight is 377 g/mol. The van der Waals surface area contributed by atoms with Gasteiger partial charge in [0.1, 0.15) is 16.7 Å². The first-order chi connectivity index (χ1) is 13.2. The fraction of sp³-hybridized carbons (Fsp3) is 0.364. The highest BCUT2D eigenvalue weighted by molar-refractivity contribution is 7.19. The van der Waals surface area contributed by atoms with Crippen LogP contribution in [0.3, 0.4) is 0 Å². The molecule has 1 saturated carbocycles. The number of nitrogens with zero attached hydrogens (tertiary/aromatic N) is 2. The number of rotatable bonds is 2. The summed E-state index contributed by atoms with van der Waals surface area (Å²) in [4.78, 5) is 7.15. The van der Waals surface area contributed by atoms with Crippen LogP contribution in [0, 0.1) is 12.8 Å². The van der Waals surface area contributed by atoms with E-state index in [-0.39, 0.29) is 0 Å². The molecule has 0 amide bonds. The molecule has 0 radical (unpaired) electrons. The molecule has 4 aromatic rings. The Morgan fingerprint density at radius 2 is 2.15 bits per heavy atom. The summed E-state index contributed by atoms with van der Waals surface area (Å²) in [6, 6.07) is 4.09. The molecule has 0 unspecified atom stereocenters. The molecular formula is C22H21N2O2S+. The van der Waals surface area contributed by atoms with E-state index in [4.69, 9.17) is 14.1 Å². The number of hydrogen-bond donors (Lipinski definition) is 0. The van der Waals surface area contributed by atoms with Crippen molar-refractivity contribution in [2.75, 3.05) is 0 Å². The van der Waals surface area contributed by atoms with E-state index in [1.165, 1.54) is 47.2 Å². The van der Waals surface area contributed by atoms with E-state index >= 15 is 0 Å². The molecule has 1 aromatic carbocycles. The van der Waals surface area contributed by atoms with E-state index in [1.807, 2.05) is 29.8 Å². The topological polar surface area (TPSA) is 39.1 Å². The molecule has 136 valence electrons. The maximum absolute atomic E-state index is 6.54. The summed E-state index contributed by atoms with van der Waals surface area (Å²) in [5.41, 5.74) is 4.46. The van der Waals surface area contributed by atoms with E-state index in [1.54, 1.807) is 6.26 Å². The van der Waals surface area contributed by atoms with Gasteiger partial charge >= 0.3 is 0 Å². The molecule has 27 heavy (non-hydrogen) atoms. The van der Waals surface area contributed by atoms with Crippen LogP contribution in [-0.4, -0.2) is 4.98 Å². The maximum Gasteiger partial charge on any atom is 0.288 e. The molecule has 0 N–H and O–H groups in total. The van der Waals surface area contributed by atoms with Crippen molar-refractivity contribution >= 4 is 32.5 Å². The summed E-state index contributed by atoms with van der Waals surface area (Å²) in [5.74, 6) is 2.71. The highest BCUT2D eigenvalue weighted by Crippen LogP contribution is 2.52. The summed E-state index contributed by atoms with van der Waals surface area (Å²) in [7, 11) is 2.08. The van der Waals surface area contributed by atoms with Gasteiger partial charge in [0.15, 0.2) is 11.4 Å². The molecule has 1 aliphatic carbocycles. The van der Waals surface area contributed by atoms with Crippen molar-refractivity contribution in [1.29, 1.82) is 0 Å². The Balaban J connectivity index is 1.64. The van der Waals surface area contributed by atoms with Gasteiger partial charge < -0.3 is 9.15 Å². The van der Waals surface area contributed by atoms with Crippen molar-refractivity contribution in [2.45, 2.75) is 39.0 Å². The van der Waals surface area contributed by atoms with Gasteiger partial charge in [0, 0.05) is 11.5 Å². The molecule has 0 atom stereocenters. The number of hydrogen-bond acceptors (Lipinski definition) is 4. The first-order valence-corrected chi connectivity index (χ1v) is 10.5. The number of ether oxygens (including phenoxy) is 1. The van der Waals surface area contributed by atoms with Crippen LogP contribution in [0.4, 0.5) is 0 Å². The van der Waals surface area contributed by atoms with E-state index in [0.717, 1.165) is 45.2 Å². The monoisotopic (exact) mass is 377 g/mol. The van der Waals surface area contributed by atoms with Crippen molar-refractivity contribution in [1.82, 2.24) is 4.98 Å². The van der Waals surface area contributed by atoms with E-state index in [9.17, 15) is 0 Å². The number of aromatic nitrogens is 2. The SMILES string of the molecule is Cc1c2c(cc3occc13)Oc1c(CC3CCCC3)sc3nc[n+](C)c-2c13. The van der Waals surface area contributed by atoms with Crippen LogP contribution >= 0.6 is 11.3 Å². The van der Waals surface area contributed by atoms with Crippen LogP contribution in [0.25, 0.3) is 32.4 Å². The minimum absolute atomic E-state index is 0.783. The fourth-order valence-corrected chi connectivity index (χ4v) is 6.06. The zero-order chi connectivity index (χ0) is 18.1. The van der Waals surface area contributed by atoms with E-state index < -0.39 is 0 Å². The van der Waals surface area contributed by atoms with Gasteiger partial charge in [-0.1, -0.05) is 37.0 Å². The maximum atomic E-state index is 6.54. The first-order valence-electron chi connectivity index (χ1n) is 9.69. The number of fused-ring (bicyclic) bond motifs is 3. The Morgan fingerprint density at radius 1 is 1.30 bits per heavy atom. The second-order valence-electron chi connectivity index (χ2n) is 7.90. The molecule has 5 heteroatoms. The lowest BCUT2D eigenvalue weighted by molar-refractivity contribution is -0.662. The Hall–Kier alpha value is -2.40. The van der Waals surface area contributed by atoms with E-state index in [2.05, 4.69) is 18.5 Å². The molecule has 0 saturated heterocycles. The third kappa shape index (κ3) is 2.15. The summed E-state index contributed by atoms with van der Waals surface area (Å²) < 4.78 is 14.4. The minimum atomic E-state index is 0.783. The summed E-state index contributed by atoms with van der Waals surface area (Å²) in [5, 5.41) is 2.32. The largest absolute Gasteiger partial charge is 0.464 e. The van der Waals surface area contributed by atoms with Gasteiger partial charge in [0.05, 0.1) is 23.8 Å². The fourth-order valence-electron chi connectivity index (χ4n) is 4.88. The zero-order valence-corrected chi connectivity index (χ0v) is 16.4. The van der Waals surface area contributed by atoms with Gasteiger partial charge in [-0.25, -0.2) is 4.57 Å². The Morgan fingerprint density at radius 3 is 3.00 bits per heavy atom. The number of benzene rings is 1. The Kier molecular flexibility index (Phi) is 3.21. The molecular weight excluding hydrogens is 356 g/mol. The minimum Gasteiger partial charge on any atom is -0.464 e. The van der Waals surface area contributed by atoms with Crippen LogP contribution in [0.1, 0.15) is 36.1 Å². The zero-order valence-electron chi connectivity index (χ0n) is 15.5. The Bertz CT molecular complexity index is 1210. The summed E-state index contributed by atoms with van der Waals surface area (Å²) in [6.45, 7) is 2.16. The van der Waals surface area contributed by atoms with Crippen molar-refractivity contribution in [3.05, 3.63) is 35.2 Å². The van der Waals surface area contributed by atoms with Crippen LogP contribution in [0.5, 0.6) is 11.5 Å². The molecule has 3 aromatic heterocycles. The average Bonchev–Trinajstić information content (AvgIpc) is 3.39. The van der Waals surface area contributed by atoms with Crippen molar-refractivity contribution < 1.29 is 13.7 Å². The van der Waals surface area contributed by atoms with Crippen molar-refractivity contribution in [3.8, 4) is 22.8 Å². The van der Waals surface area contributed by atoms with Crippen LogP contribution in [0.2, 0.25) is 0 Å². The number of aryl methyl sites for hydroxylation is 2. The van der Waals surface area contributed by atoms with Gasteiger partial charge in [-0.05, 0) is 35.9 Å². The molecule has 0 bridgehead atoms. The number of thiophene rings is 1. The third-order valence-corrected chi connectivity index (χ3v) is 7.33. The van der Waals surface area contributed by atoms with Gasteiger partial charge in [-0.15, -0.1) is 0 Å². The lowest BCUT2D eigenvalue weighted by Gasteiger charge is -2.20. The predicted molar refractivity (Wildman–Crippen MR) is 106 cm³/mol. The third-order valence-electron chi connectivity index (χ3n) is 6.23. The van der Waals surface area contributed by atoms with Gasteiger partial charge in [-0.3, -0.25) is 0 Å². The van der Waals surface area contributed by atoms with E-state index in [0.29, 0.717) is 0 Å². The lowest BCUT2D eigenvalue weighted by Crippen LogP contribution is -2.32. The van der Waals surface area contributed by atoms with Crippen molar-refractivity contribution in [2.24, 2.45) is 13.0 Å². The second-order valence-corrected chi connectivity index (χ2v) is 8.99. The molecule has 0 spiro atoms. The summed E-state index contributed by atoms with van der Waals surface area (Å²) >= 11 is 1.81. The van der Waals surface area contributed by atoms with Gasteiger partial charge in [0.2, 0.25) is 4.83 Å². The molecule has 2 aliphatic rings. The van der Waals surface area contributed by atoms with Crippen LogP contribution in [-0.2, 0) is 13.5 Å². The molecule has 4 nitrogen and oxygen atoms in total. The summed E-state index contributed by atoms with van der Waals surface area (Å²) in [6.07, 6.45) is 10.2. The number of furan rings is 1.